The first-order valence-corrected chi connectivity index (χ1v) is 7.74. The summed E-state index contributed by atoms with van der Waals surface area (Å²) in [5.74, 6) is 0. The van der Waals surface area contributed by atoms with E-state index >= 15 is 0 Å². The first-order valence-electron chi connectivity index (χ1n) is 6.95. The summed E-state index contributed by atoms with van der Waals surface area (Å²) >= 11 is 3.49. The maximum atomic E-state index is 10.8. The smallest absolute Gasteiger partial charge is 0.114 e. The summed E-state index contributed by atoms with van der Waals surface area (Å²) in [6.45, 7) is 1.07. The summed E-state index contributed by atoms with van der Waals surface area (Å²) in [6.07, 6.45) is 0.465. The number of nitrogens with two attached hydrogens (primary N) is 1. The average molecular weight is 350 g/mol. The number of benzene rings is 2. The Labute approximate surface area is 133 Å². The number of hydrogen-bond acceptors (Lipinski definition) is 3. The molecule has 0 amide bonds. The second-order valence-electron chi connectivity index (χ2n) is 5.02. The molecule has 2 aromatic carbocycles. The van der Waals surface area contributed by atoms with Crippen LogP contribution >= 0.6 is 15.9 Å². The van der Waals surface area contributed by atoms with Gasteiger partial charge in [-0.2, -0.15) is 0 Å². The van der Waals surface area contributed by atoms with E-state index in [2.05, 4.69) is 15.9 Å². The minimum atomic E-state index is -1.04. The molecule has 0 saturated carbocycles. The van der Waals surface area contributed by atoms with Crippen molar-refractivity contribution in [3.8, 4) is 0 Å². The number of ether oxygens (including phenoxy) is 1. The van der Waals surface area contributed by atoms with Gasteiger partial charge in [-0.25, -0.2) is 0 Å². The van der Waals surface area contributed by atoms with Crippen molar-refractivity contribution in [3.05, 3.63) is 70.2 Å². The monoisotopic (exact) mass is 349 g/mol. The summed E-state index contributed by atoms with van der Waals surface area (Å²) in [7, 11) is 0. The molecule has 2 aromatic rings. The number of hydrogen-bond donors (Lipinski definition) is 2. The molecule has 0 aliphatic heterocycles. The van der Waals surface area contributed by atoms with Crippen LogP contribution in [0.25, 0.3) is 0 Å². The molecule has 112 valence electrons. The first-order chi connectivity index (χ1) is 10.2. The Morgan fingerprint density at radius 2 is 1.71 bits per heavy atom. The van der Waals surface area contributed by atoms with Crippen LogP contribution in [0, 0.1) is 0 Å². The van der Waals surface area contributed by atoms with Gasteiger partial charge in [0.05, 0.1) is 13.2 Å². The lowest BCUT2D eigenvalue weighted by atomic mass is 9.91. The fraction of sp³-hybridized carbons (Fsp3) is 0.294. The molecule has 0 heterocycles. The van der Waals surface area contributed by atoms with E-state index in [0.717, 1.165) is 15.6 Å². The van der Waals surface area contributed by atoms with Gasteiger partial charge < -0.3 is 15.6 Å². The molecule has 21 heavy (non-hydrogen) atoms. The Bertz CT molecular complexity index is 562. The molecule has 0 saturated heterocycles. The van der Waals surface area contributed by atoms with Crippen LogP contribution in [0.1, 0.15) is 17.5 Å². The van der Waals surface area contributed by atoms with E-state index in [1.807, 2.05) is 54.6 Å². The lowest BCUT2D eigenvalue weighted by molar-refractivity contribution is -0.0603. The molecule has 0 unspecified atom stereocenters. The number of rotatable bonds is 7. The van der Waals surface area contributed by atoms with Crippen LogP contribution < -0.4 is 5.73 Å². The maximum absolute atomic E-state index is 10.8. The van der Waals surface area contributed by atoms with Gasteiger partial charge in [-0.05, 0) is 30.2 Å². The van der Waals surface area contributed by atoms with Crippen LogP contribution in [0.3, 0.4) is 0 Å². The highest BCUT2D eigenvalue weighted by atomic mass is 79.9. The molecule has 0 aliphatic carbocycles. The predicted molar refractivity (Wildman–Crippen MR) is 87.8 cm³/mol. The third kappa shape index (κ3) is 4.38. The first kappa shape index (κ1) is 16.2. The van der Waals surface area contributed by atoms with E-state index < -0.39 is 5.60 Å². The number of aliphatic hydroxyl groups is 1. The van der Waals surface area contributed by atoms with E-state index in [-0.39, 0.29) is 6.61 Å². The van der Waals surface area contributed by atoms with Gasteiger partial charge in [0.15, 0.2) is 0 Å². The van der Waals surface area contributed by atoms with Gasteiger partial charge >= 0.3 is 0 Å². The third-order valence-corrected chi connectivity index (χ3v) is 4.20. The second-order valence-corrected chi connectivity index (χ2v) is 5.87. The predicted octanol–water partition coefficient (Wildman–Crippen LogP) is 3.20. The Kier molecular flexibility index (Phi) is 5.94. The molecule has 0 aromatic heterocycles. The molecule has 3 nitrogen and oxygen atoms in total. The molecule has 0 spiro atoms. The van der Waals surface area contributed by atoms with Crippen molar-refractivity contribution >= 4 is 15.9 Å². The molecule has 0 radical (unpaired) electrons. The van der Waals surface area contributed by atoms with Crippen molar-refractivity contribution in [1.29, 1.82) is 0 Å². The molecule has 0 bridgehead atoms. The molecular formula is C17H20BrNO2. The molecule has 0 aliphatic rings. The van der Waals surface area contributed by atoms with Crippen LogP contribution in [0.2, 0.25) is 0 Å². The molecule has 0 fully saturated rings. The highest BCUT2D eigenvalue weighted by molar-refractivity contribution is 9.10. The van der Waals surface area contributed by atoms with Crippen molar-refractivity contribution in [2.24, 2.45) is 5.73 Å². The zero-order chi connectivity index (χ0) is 15.1. The van der Waals surface area contributed by atoms with Crippen molar-refractivity contribution < 1.29 is 9.84 Å². The molecule has 4 heteroatoms. The summed E-state index contributed by atoms with van der Waals surface area (Å²) < 4.78 is 6.74. The summed E-state index contributed by atoms with van der Waals surface area (Å²) in [4.78, 5) is 0. The Hall–Kier alpha value is -1.20. The largest absolute Gasteiger partial charge is 0.383 e. The normalized spacial score (nSPS) is 13.9. The van der Waals surface area contributed by atoms with E-state index in [1.54, 1.807) is 0 Å². The zero-order valence-corrected chi connectivity index (χ0v) is 13.4. The Balaban J connectivity index is 2.02. The fourth-order valence-electron chi connectivity index (χ4n) is 2.23. The minimum absolute atomic E-state index is 0.218. The standard InChI is InChI=1S/C17H20BrNO2/c18-16-9-5-4-6-14(16)12-21-13-17(20,10-11-19)15-7-2-1-3-8-15/h1-9,20H,10-13,19H2/t17-/m0/s1. The molecule has 3 N–H and O–H groups in total. The highest BCUT2D eigenvalue weighted by Gasteiger charge is 2.28. The van der Waals surface area contributed by atoms with Crippen molar-refractivity contribution in [2.75, 3.05) is 13.2 Å². The third-order valence-electron chi connectivity index (χ3n) is 3.43. The van der Waals surface area contributed by atoms with Gasteiger partial charge in [-0.15, -0.1) is 0 Å². The summed E-state index contributed by atoms with van der Waals surface area (Å²) in [5.41, 5.74) is 6.48. The lowest BCUT2D eigenvalue weighted by Gasteiger charge is -2.28. The van der Waals surface area contributed by atoms with Crippen LogP contribution in [0.5, 0.6) is 0 Å². The minimum Gasteiger partial charge on any atom is -0.383 e. The highest BCUT2D eigenvalue weighted by Crippen LogP contribution is 2.26. The van der Waals surface area contributed by atoms with Gasteiger partial charge in [0.25, 0.3) is 0 Å². The van der Waals surface area contributed by atoms with Gasteiger partial charge in [0, 0.05) is 4.47 Å². The van der Waals surface area contributed by atoms with Gasteiger partial charge in [0.1, 0.15) is 5.60 Å². The fourth-order valence-corrected chi connectivity index (χ4v) is 2.63. The SMILES string of the molecule is NCC[C@](O)(COCc1ccccc1Br)c1ccccc1. The number of halogens is 1. The zero-order valence-electron chi connectivity index (χ0n) is 11.8. The second kappa shape index (κ2) is 7.71. The van der Waals surface area contributed by atoms with Crippen molar-refractivity contribution in [3.63, 3.8) is 0 Å². The average Bonchev–Trinajstić information content (AvgIpc) is 2.50. The molecular weight excluding hydrogens is 330 g/mol. The quantitative estimate of drug-likeness (QED) is 0.806. The van der Waals surface area contributed by atoms with E-state index in [9.17, 15) is 5.11 Å². The van der Waals surface area contributed by atoms with Crippen LogP contribution in [0.4, 0.5) is 0 Å². The molecule has 1 atom stereocenters. The topological polar surface area (TPSA) is 55.5 Å². The lowest BCUT2D eigenvalue weighted by Crippen LogP contribution is -2.34. The van der Waals surface area contributed by atoms with Crippen molar-refractivity contribution in [2.45, 2.75) is 18.6 Å². The van der Waals surface area contributed by atoms with Crippen LogP contribution in [-0.2, 0) is 16.9 Å². The molecule has 2 rings (SSSR count). The van der Waals surface area contributed by atoms with E-state index in [0.29, 0.717) is 19.6 Å². The Morgan fingerprint density at radius 3 is 2.38 bits per heavy atom. The van der Waals surface area contributed by atoms with Gasteiger partial charge in [0.2, 0.25) is 0 Å². The maximum Gasteiger partial charge on any atom is 0.114 e. The van der Waals surface area contributed by atoms with E-state index in [1.165, 1.54) is 0 Å². The van der Waals surface area contributed by atoms with Crippen LogP contribution in [0.15, 0.2) is 59.1 Å². The van der Waals surface area contributed by atoms with E-state index in [4.69, 9.17) is 10.5 Å². The van der Waals surface area contributed by atoms with Gasteiger partial charge in [-0.3, -0.25) is 0 Å². The Morgan fingerprint density at radius 1 is 1.05 bits per heavy atom. The van der Waals surface area contributed by atoms with Crippen molar-refractivity contribution in [1.82, 2.24) is 0 Å². The summed E-state index contributed by atoms with van der Waals surface area (Å²) in [5, 5.41) is 10.8. The van der Waals surface area contributed by atoms with Crippen LogP contribution in [-0.4, -0.2) is 18.3 Å². The summed E-state index contributed by atoms with van der Waals surface area (Å²) in [6, 6.07) is 17.4. The van der Waals surface area contributed by atoms with Gasteiger partial charge in [-0.1, -0.05) is 64.5 Å².